The van der Waals surface area contributed by atoms with E-state index in [0.29, 0.717) is 23.9 Å². The van der Waals surface area contributed by atoms with Crippen LogP contribution in [-0.4, -0.2) is 15.0 Å². The molecule has 9 aromatic carbocycles. The Hall–Kier alpha value is -7.17. The number of hydrogen-bond donors (Lipinski definition) is 0. The Bertz CT molecular complexity index is 3270. The molecule has 0 amide bonds. The van der Waals surface area contributed by atoms with E-state index in [-0.39, 0.29) is 0 Å². The van der Waals surface area contributed by atoms with Gasteiger partial charge >= 0.3 is 0 Å². The first-order valence-electron chi connectivity index (χ1n) is 18.3. The second-order valence-electron chi connectivity index (χ2n) is 14.0. The Labute approximate surface area is 311 Å². The van der Waals surface area contributed by atoms with Crippen LogP contribution < -0.4 is 0 Å². The second kappa shape index (κ2) is 12.2. The molecule has 0 atom stereocenters. The first-order chi connectivity index (χ1) is 26.7. The number of hydrogen-bond acceptors (Lipinski definition) is 4. The van der Waals surface area contributed by atoms with Gasteiger partial charge in [0.15, 0.2) is 11.6 Å². The molecular formula is C50H31N3O. The summed E-state index contributed by atoms with van der Waals surface area (Å²) < 4.78 is 6.45. The highest BCUT2D eigenvalue weighted by Crippen LogP contribution is 2.38. The van der Waals surface area contributed by atoms with E-state index in [1.807, 2.05) is 0 Å². The molecule has 0 aliphatic heterocycles. The third-order valence-electron chi connectivity index (χ3n) is 10.7. The zero-order valence-electron chi connectivity index (χ0n) is 29.2. The lowest BCUT2D eigenvalue weighted by Crippen LogP contribution is -2.04. The highest BCUT2D eigenvalue weighted by molar-refractivity contribution is 6.13. The van der Waals surface area contributed by atoms with Gasteiger partial charge in [-0.3, -0.25) is 0 Å². The van der Waals surface area contributed by atoms with Crippen LogP contribution in [0.1, 0.15) is 11.4 Å². The highest BCUT2D eigenvalue weighted by Gasteiger charge is 2.18. The van der Waals surface area contributed by atoms with E-state index < -0.39 is 0 Å². The smallest absolute Gasteiger partial charge is 0.164 e. The zero-order valence-corrected chi connectivity index (χ0v) is 29.2. The number of rotatable bonds is 5. The van der Waals surface area contributed by atoms with Crippen LogP contribution in [0.25, 0.3) is 98.9 Å². The van der Waals surface area contributed by atoms with Gasteiger partial charge in [0.25, 0.3) is 0 Å². The summed E-state index contributed by atoms with van der Waals surface area (Å²) in [6.45, 7) is 0. The van der Waals surface area contributed by atoms with Gasteiger partial charge in [-0.1, -0.05) is 140 Å². The molecule has 0 aliphatic rings. The van der Waals surface area contributed by atoms with E-state index in [0.717, 1.165) is 60.4 Å². The SMILES string of the molecule is c1ccc2cc(-c3ccc4oc5cccc(Cc6nc(-c7ccc8ccccc8c7)nc(-c7cc8ccccc8c8ccccc78)n6)c5c4c3)ccc2c1. The predicted molar refractivity (Wildman–Crippen MR) is 223 cm³/mol. The van der Waals surface area contributed by atoms with E-state index in [2.05, 4.69) is 176 Å². The van der Waals surface area contributed by atoms with E-state index in [4.69, 9.17) is 19.4 Å². The fourth-order valence-electron chi connectivity index (χ4n) is 8.08. The maximum Gasteiger partial charge on any atom is 0.164 e. The molecule has 0 fully saturated rings. The Morgan fingerprint density at radius 3 is 1.78 bits per heavy atom. The topological polar surface area (TPSA) is 51.8 Å². The minimum atomic E-state index is 0.508. The van der Waals surface area contributed by atoms with Gasteiger partial charge in [0.1, 0.15) is 17.0 Å². The fraction of sp³-hybridized carbons (Fsp3) is 0.0200. The van der Waals surface area contributed by atoms with Crippen molar-refractivity contribution in [3.8, 4) is 33.9 Å². The molecule has 4 heteroatoms. The van der Waals surface area contributed by atoms with Crippen LogP contribution in [0.2, 0.25) is 0 Å². The van der Waals surface area contributed by atoms with E-state index in [1.165, 1.54) is 32.5 Å². The average Bonchev–Trinajstić information content (AvgIpc) is 3.62. The lowest BCUT2D eigenvalue weighted by molar-refractivity contribution is 0.668. The Morgan fingerprint density at radius 1 is 0.370 bits per heavy atom. The molecule has 4 nitrogen and oxygen atoms in total. The van der Waals surface area contributed by atoms with Crippen molar-refractivity contribution in [2.24, 2.45) is 0 Å². The molecule has 11 rings (SSSR count). The molecule has 2 heterocycles. The Morgan fingerprint density at radius 2 is 0.981 bits per heavy atom. The number of aromatic nitrogens is 3. The van der Waals surface area contributed by atoms with Gasteiger partial charge in [-0.05, 0) is 96.2 Å². The maximum absolute atomic E-state index is 6.45. The molecule has 2 aromatic heterocycles. The van der Waals surface area contributed by atoms with Crippen LogP contribution in [0.5, 0.6) is 0 Å². The summed E-state index contributed by atoms with van der Waals surface area (Å²) in [6, 6.07) is 62.0. The molecule has 252 valence electrons. The van der Waals surface area contributed by atoms with Crippen molar-refractivity contribution in [3.63, 3.8) is 0 Å². The molecule has 0 saturated carbocycles. The van der Waals surface area contributed by atoms with Gasteiger partial charge in [-0.2, -0.15) is 0 Å². The van der Waals surface area contributed by atoms with Crippen LogP contribution in [0.3, 0.4) is 0 Å². The molecule has 54 heavy (non-hydrogen) atoms. The molecular weight excluding hydrogens is 659 g/mol. The van der Waals surface area contributed by atoms with Crippen LogP contribution in [-0.2, 0) is 6.42 Å². The van der Waals surface area contributed by atoms with Gasteiger partial charge in [-0.15, -0.1) is 0 Å². The Balaban J connectivity index is 1.10. The first-order valence-corrected chi connectivity index (χ1v) is 18.3. The van der Waals surface area contributed by atoms with Gasteiger partial charge in [-0.25, -0.2) is 15.0 Å². The second-order valence-corrected chi connectivity index (χ2v) is 14.0. The van der Waals surface area contributed by atoms with Crippen molar-refractivity contribution in [1.82, 2.24) is 15.0 Å². The van der Waals surface area contributed by atoms with Crippen molar-refractivity contribution in [2.45, 2.75) is 6.42 Å². The summed E-state index contributed by atoms with van der Waals surface area (Å²) >= 11 is 0. The highest BCUT2D eigenvalue weighted by atomic mass is 16.3. The summed E-state index contributed by atoms with van der Waals surface area (Å²) in [5, 5.41) is 11.6. The predicted octanol–water partition coefficient (Wildman–Crippen LogP) is 13.0. The monoisotopic (exact) mass is 689 g/mol. The van der Waals surface area contributed by atoms with Crippen LogP contribution in [0.15, 0.2) is 180 Å². The minimum absolute atomic E-state index is 0.508. The van der Waals surface area contributed by atoms with E-state index >= 15 is 0 Å². The van der Waals surface area contributed by atoms with Crippen molar-refractivity contribution >= 4 is 65.0 Å². The quantitative estimate of drug-likeness (QED) is 0.169. The molecule has 0 spiro atoms. The summed E-state index contributed by atoms with van der Waals surface area (Å²) in [7, 11) is 0. The van der Waals surface area contributed by atoms with Crippen molar-refractivity contribution < 1.29 is 4.42 Å². The molecule has 0 unspecified atom stereocenters. The molecule has 0 bridgehead atoms. The minimum Gasteiger partial charge on any atom is -0.456 e. The maximum atomic E-state index is 6.45. The van der Waals surface area contributed by atoms with Gasteiger partial charge in [0.05, 0.1) is 0 Å². The molecule has 11 aromatic rings. The zero-order chi connectivity index (χ0) is 35.6. The fourth-order valence-corrected chi connectivity index (χ4v) is 8.08. The van der Waals surface area contributed by atoms with Crippen molar-refractivity contribution in [3.05, 3.63) is 187 Å². The lowest BCUT2D eigenvalue weighted by Gasteiger charge is -2.13. The van der Waals surface area contributed by atoms with Crippen LogP contribution >= 0.6 is 0 Å². The molecule has 0 saturated heterocycles. The van der Waals surface area contributed by atoms with Crippen LogP contribution in [0.4, 0.5) is 0 Å². The first kappa shape index (κ1) is 30.5. The number of nitrogens with zero attached hydrogens (tertiary/aromatic N) is 3. The Kier molecular flexibility index (Phi) is 6.89. The van der Waals surface area contributed by atoms with Crippen molar-refractivity contribution in [2.75, 3.05) is 0 Å². The summed E-state index contributed by atoms with van der Waals surface area (Å²) in [5.74, 6) is 2.02. The summed E-state index contributed by atoms with van der Waals surface area (Å²) in [5.41, 5.74) is 7.08. The number of benzene rings is 9. The standard InChI is InChI=1S/C50H31N3O/c1-3-12-33-26-35(22-20-31(33)10-1)36-24-25-45-44(28-36)48-38(15-9-19-46(48)54-45)30-47-51-49(39-23-21-32-11-2-4-13-34(32)27-39)53-50(52-47)43-29-37-14-5-6-16-40(37)41-17-7-8-18-42(41)43/h1-29H,30H2. The van der Waals surface area contributed by atoms with E-state index in [9.17, 15) is 0 Å². The molecule has 0 radical (unpaired) electrons. The molecule has 0 N–H and O–H groups in total. The largest absolute Gasteiger partial charge is 0.456 e. The lowest BCUT2D eigenvalue weighted by atomic mass is 9.96. The van der Waals surface area contributed by atoms with Crippen LogP contribution in [0, 0.1) is 0 Å². The number of fused-ring (bicyclic) bond motifs is 8. The number of furan rings is 1. The summed E-state index contributed by atoms with van der Waals surface area (Å²) in [4.78, 5) is 15.6. The van der Waals surface area contributed by atoms with Gasteiger partial charge < -0.3 is 4.42 Å². The third kappa shape index (κ3) is 5.11. The average molecular weight is 690 g/mol. The normalized spacial score (nSPS) is 11.8. The third-order valence-corrected chi connectivity index (χ3v) is 10.7. The van der Waals surface area contributed by atoms with Gasteiger partial charge in [0, 0.05) is 28.3 Å². The van der Waals surface area contributed by atoms with E-state index in [1.54, 1.807) is 0 Å². The molecule has 0 aliphatic carbocycles. The summed E-state index contributed by atoms with van der Waals surface area (Å²) in [6.07, 6.45) is 0.508. The van der Waals surface area contributed by atoms with Gasteiger partial charge in [0.2, 0.25) is 0 Å². The van der Waals surface area contributed by atoms with Crippen molar-refractivity contribution in [1.29, 1.82) is 0 Å².